The third-order valence-corrected chi connectivity index (χ3v) is 13.9. The number of Topliss-reactive ketones (excluding diaryl/α,β-unsaturated/α-hetero) is 1. The van der Waals surface area contributed by atoms with Crippen molar-refractivity contribution in [2.75, 3.05) is 18.6 Å². The molecule has 1 fully saturated rings. The van der Waals surface area contributed by atoms with Gasteiger partial charge in [0, 0.05) is 24.2 Å². The molecule has 2 aliphatic rings. The average Bonchev–Trinajstić information content (AvgIpc) is 3.16. The minimum atomic E-state index is -2.38. The molecule has 1 unspecified atom stereocenters. The van der Waals surface area contributed by atoms with E-state index in [1.54, 1.807) is 7.11 Å². The molecule has 0 bridgehead atoms. The zero-order valence-electron chi connectivity index (χ0n) is 21.8. The fourth-order valence-electron chi connectivity index (χ4n) is 6.14. The van der Waals surface area contributed by atoms with E-state index in [2.05, 4.69) is 46.4 Å². The number of ether oxygens (including phenoxy) is 1. The number of carbonyl (C=O) groups excluding carboxylic acids is 1. The standard InChI is InChI=1S/C28H38N2O3Si/c1-18(2)34(19(3)4,20(5)6)33-28-15-16-30(22-10-12-23(32-8)13-11-22)27(28)29-25-14-9-21(7)17-24(25)26(28)31/h9-14,17-20H,15-16H2,1-8H3. The number of hydrogen-bond donors (Lipinski definition) is 0. The van der Waals surface area contributed by atoms with Crippen LogP contribution in [0.4, 0.5) is 11.4 Å². The van der Waals surface area contributed by atoms with Crippen molar-refractivity contribution >= 4 is 31.3 Å². The number of nitrogens with zero attached hydrogens (tertiary/aromatic N) is 2. The van der Waals surface area contributed by atoms with Gasteiger partial charge in [-0.05, 0) is 59.9 Å². The summed E-state index contributed by atoms with van der Waals surface area (Å²) in [4.78, 5) is 21.7. The first-order valence-corrected chi connectivity index (χ1v) is 14.6. The summed E-state index contributed by atoms with van der Waals surface area (Å²) in [6, 6.07) is 13.9. The third-order valence-electron chi connectivity index (χ3n) is 7.74. The van der Waals surface area contributed by atoms with Gasteiger partial charge in [-0.1, -0.05) is 53.2 Å². The van der Waals surface area contributed by atoms with Gasteiger partial charge in [0.1, 0.15) is 11.6 Å². The van der Waals surface area contributed by atoms with Crippen LogP contribution in [0.15, 0.2) is 47.5 Å². The molecule has 0 aromatic heterocycles. The number of ketones is 1. The fraction of sp³-hybridized carbons (Fsp3) is 0.500. The van der Waals surface area contributed by atoms with Crippen molar-refractivity contribution < 1.29 is 14.0 Å². The lowest BCUT2D eigenvalue weighted by molar-refractivity contribution is 0.0622. The molecule has 6 heteroatoms. The first-order valence-electron chi connectivity index (χ1n) is 12.4. The Morgan fingerprint density at radius 3 is 2.15 bits per heavy atom. The van der Waals surface area contributed by atoms with Gasteiger partial charge in [-0.25, -0.2) is 4.99 Å². The summed E-state index contributed by atoms with van der Waals surface area (Å²) < 4.78 is 12.7. The highest BCUT2D eigenvalue weighted by molar-refractivity contribution is 6.78. The Labute approximate surface area is 205 Å². The molecule has 2 aromatic rings. The maximum atomic E-state index is 14.4. The number of amidine groups is 1. The molecule has 0 amide bonds. The molecule has 0 saturated carbocycles. The molecule has 2 aromatic carbocycles. The highest BCUT2D eigenvalue weighted by Gasteiger charge is 2.60. The average molecular weight is 479 g/mol. The van der Waals surface area contributed by atoms with Gasteiger partial charge in [-0.3, -0.25) is 4.79 Å². The van der Waals surface area contributed by atoms with E-state index >= 15 is 0 Å². The van der Waals surface area contributed by atoms with Crippen molar-refractivity contribution in [1.29, 1.82) is 0 Å². The van der Waals surface area contributed by atoms with Crippen LogP contribution in [0.25, 0.3) is 0 Å². The van der Waals surface area contributed by atoms with Crippen molar-refractivity contribution in [3.05, 3.63) is 53.6 Å². The van der Waals surface area contributed by atoms with Crippen LogP contribution in [0.2, 0.25) is 16.6 Å². The number of anilines is 1. The number of fused-ring (bicyclic) bond motifs is 2. The minimum Gasteiger partial charge on any atom is -0.497 e. The van der Waals surface area contributed by atoms with Crippen LogP contribution >= 0.6 is 0 Å². The summed E-state index contributed by atoms with van der Waals surface area (Å²) >= 11 is 0. The van der Waals surface area contributed by atoms with Crippen molar-refractivity contribution in [1.82, 2.24) is 0 Å². The van der Waals surface area contributed by atoms with E-state index in [9.17, 15) is 4.79 Å². The molecule has 1 saturated heterocycles. The van der Waals surface area contributed by atoms with Gasteiger partial charge in [0.2, 0.25) is 14.1 Å². The van der Waals surface area contributed by atoms with Crippen molar-refractivity contribution in [2.24, 2.45) is 4.99 Å². The van der Waals surface area contributed by atoms with E-state index in [0.717, 1.165) is 28.5 Å². The van der Waals surface area contributed by atoms with Gasteiger partial charge in [0.15, 0.2) is 5.60 Å². The van der Waals surface area contributed by atoms with Gasteiger partial charge in [-0.2, -0.15) is 0 Å². The Hall–Kier alpha value is -2.44. The van der Waals surface area contributed by atoms with E-state index in [-0.39, 0.29) is 5.78 Å². The summed E-state index contributed by atoms with van der Waals surface area (Å²) in [5.74, 6) is 1.60. The molecule has 2 heterocycles. The van der Waals surface area contributed by atoms with Gasteiger partial charge in [0.25, 0.3) is 0 Å². The molecule has 182 valence electrons. The third kappa shape index (κ3) is 3.71. The lowest BCUT2D eigenvalue weighted by atomic mass is 9.87. The molecular weight excluding hydrogens is 440 g/mol. The normalized spacial score (nSPS) is 20.1. The number of aliphatic imine (C=N–C) groups is 1. The van der Waals surface area contributed by atoms with Crippen molar-refractivity contribution in [2.45, 2.75) is 77.1 Å². The molecule has 0 spiro atoms. The minimum absolute atomic E-state index is 0.0611. The van der Waals surface area contributed by atoms with Crippen LogP contribution in [-0.4, -0.2) is 39.2 Å². The van der Waals surface area contributed by atoms with Gasteiger partial charge < -0.3 is 14.1 Å². The van der Waals surface area contributed by atoms with Gasteiger partial charge >= 0.3 is 0 Å². The molecule has 4 rings (SSSR count). The van der Waals surface area contributed by atoms with E-state index < -0.39 is 13.9 Å². The predicted octanol–water partition coefficient (Wildman–Crippen LogP) is 7.07. The second kappa shape index (κ2) is 8.97. The highest BCUT2D eigenvalue weighted by Crippen LogP contribution is 2.50. The molecule has 34 heavy (non-hydrogen) atoms. The second-order valence-electron chi connectivity index (χ2n) is 10.6. The predicted molar refractivity (Wildman–Crippen MR) is 142 cm³/mol. The van der Waals surface area contributed by atoms with Crippen molar-refractivity contribution in [3.8, 4) is 5.75 Å². The summed E-state index contributed by atoms with van der Waals surface area (Å²) in [6.45, 7) is 16.3. The zero-order valence-corrected chi connectivity index (χ0v) is 22.8. The lowest BCUT2D eigenvalue weighted by Gasteiger charge is -2.48. The van der Waals surface area contributed by atoms with Crippen LogP contribution in [0.3, 0.4) is 0 Å². The first-order chi connectivity index (χ1) is 16.1. The Morgan fingerprint density at radius 2 is 1.59 bits per heavy atom. The Balaban J connectivity index is 1.90. The van der Waals surface area contributed by atoms with Crippen LogP contribution in [0.1, 0.15) is 63.9 Å². The maximum Gasteiger partial charge on any atom is 0.203 e. The number of carbonyl (C=O) groups is 1. The topological polar surface area (TPSA) is 51.1 Å². The molecule has 0 aliphatic carbocycles. The van der Waals surface area contributed by atoms with Crippen LogP contribution < -0.4 is 9.64 Å². The summed E-state index contributed by atoms with van der Waals surface area (Å²) in [5.41, 5.74) is 3.52. The van der Waals surface area contributed by atoms with E-state index in [1.165, 1.54) is 0 Å². The Kier molecular flexibility index (Phi) is 6.51. The second-order valence-corrected chi connectivity index (χ2v) is 16.0. The van der Waals surface area contributed by atoms with Crippen LogP contribution in [0, 0.1) is 6.92 Å². The Bertz CT molecular complexity index is 1090. The first kappa shape index (κ1) is 24.7. The number of benzene rings is 2. The molecule has 1 atom stereocenters. The zero-order chi connectivity index (χ0) is 24.8. The van der Waals surface area contributed by atoms with Crippen LogP contribution in [-0.2, 0) is 4.43 Å². The van der Waals surface area contributed by atoms with E-state index in [4.69, 9.17) is 14.2 Å². The number of methoxy groups -OCH3 is 1. The van der Waals surface area contributed by atoms with Gasteiger partial charge in [-0.15, -0.1) is 0 Å². The van der Waals surface area contributed by atoms with E-state index in [1.807, 2.05) is 49.4 Å². The molecular formula is C28H38N2O3Si. The summed E-state index contributed by atoms with van der Waals surface area (Å²) in [6.07, 6.45) is 0.602. The fourth-order valence-corrected chi connectivity index (χ4v) is 11.7. The van der Waals surface area contributed by atoms with E-state index in [0.29, 0.717) is 35.2 Å². The number of rotatable bonds is 7. The summed E-state index contributed by atoms with van der Waals surface area (Å²) in [7, 11) is -0.713. The SMILES string of the molecule is COc1ccc(N2CCC3(O[Si](C(C)C)(C(C)C)C(C)C)C(=O)c4cc(C)ccc4N=C23)cc1. The summed E-state index contributed by atoms with van der Waals surface area (Å²) in [5, 5.41) is 0. The quantitative estimate of drug-likeness (QED) is 0.399. The molecule has 2 aliphatic heterocycles. The molecule has 0 radical (unpaired) electrons. The van der Waals surface area contributed by atoms with Crippen LogP contribution in [0.5, 0.6) is 5.75 Å². The van der Waals surface area contributed by atoms with Crippen molar-refractivity contribution in [3.63, 3.8) is 0 Å². The number of hydrogen-bond acceptors (Lipinski definition) is 5. The molecule has 5 nitrogen and oxygen atoms in total. The largest absolute Gasteiger partial charge is 0.497 e. The maximum absolute atomic E-state index is 14.4. The smallest absolute Gasteiger partial charge is 0.203 e. The molecule has 0 N–H and O–H groups in total. The van der Waals surface area contributed by atoms with Gasteiger partial charge in [0.05, 0.1) is 12.8 Å². The highest BCUT2D eigenvalue weighted by atomic mass is 28.4. The Morgan fingerprint density at radius 1 is 0.971 bits per heavy atom. The monoisotopic (exact) mass is 478 g/mol. The number of aryl methyl sites for hydroxylation is 1. The lowest BCUT2D eigenvalue weighted by Crippen LogP contribution is -2.61.